The van der Waals surface area contributed by atoms with Crippen LogP contribution in [0.1, 0.15) is 35.3 Å². The highest BCUT2D eigenvalue weighted by atomic mass is 16.5. The van der Waals surface area contributed by atoms with E-state index in [0.717, 1.165) is 16.7 Å². The first-order valence-corrected chi connectivity index (χ1v) is 8.67. The smallest absolute Gasteiger partial charge is 0.318 e. The Bertz CT molecular complexity index is 747. The van der Waals surface area contributed by atoms with Crippen molar-refractivity contribution in [2.45, 2.75) is 39.5 Å². The molecule has 2 heterocycles. The van der Waals surface area contributed by atoms with Gasteiger partial charge in [0, 0.05) is 18.9 Å². The summed E-state index contributed by atoms with van der Waals surface area (Å²) >= 11 is 0. The molecule has 3 rings (SSSR count). The molecule has 0 aliphatic carbocycles. The van der Waals surface area contributed by atoms with Crippen LogP contribution in [0.2, 0.25) is 0 Å². The molecule has 0 bridgehead atoms. The molecule has 2 amide bonds. The molecule has 5 heteroatoms. The van der Waals surface area contributed by atoms with E-state index in [1.54, 1.807) is 6.20 Å². The molecule has 0 radical (unpaired) electrons. The molecule has 1 aliphatic heterocycles. The number of aromatic nitrogens is 1. The van der Waals surface area contributed by atoms with Crippen molar-refractivity contribution in [1.29, 1.82) is 0 Å². The van der Waals surface area contributed by atoms with Crippen molar-refractivity contribution in [2.24, 2.45) is 0 Å². The first-order chi connectivity index (χ1) is 12.1. The third-order valence-corrected chi connectivity index (χ3v) is 4.80. The zero-order chi connectivity index (χ0) is 17.8. The number of aryl methyl sites for hydroxylation is 2. The summed E-state index contributed by atoms with van der Waals surface area (Å²) in [4.78, 5) is 18.7. The number of urea groups is 1. The van der Waals surface area contributed by atoms with Crippen LogP contribution in [-0.4, -0.2) is 35.1 Å². The molecule has 1 aromatic heterocycles. The Kier molecular flexibility index (Phi) is 5.34. The molecule has 1 saturated heterocycles. The lowest BCUT2D eigenvalue weighted by Crippen LogP contribution is -2.52. The van der Waals surface area contributed by atoms with Gasteiger partial charge >= 0.3 is 6.03 Å². The fourth-order valence-corrected chi connectivity index (χ4v) is 3.15. The van der Waals surface area contributed by atoms with Crippen molar-refractivity contribution < 1.29 is 9.53 Å². The number of benzene rings is 1. The van der Waals surface area contributed by atoms with E-state index in [4.69, 9.17) is 4.74 Å². The summed E-state index contributed by atoms with van der Waals surface area (Å²) in [6, 6.07) is 10.1. The number of morpholine rings is 1. The Balaban J connectivity index is 1.66. The molecule has 0 saturated carbocycles. The molecule has 1 fully saturated rings. The van der Waals surface area contributed by atoms with Crippen LogP contribution in [-0.2, 0) is 11.3 Å². The van der Waals surface area contributed by atoms with Gasteiger partial charge in [0.05, 0.1) is 19.2 Å². The second kappa shape index (κ2) is 7.66. The highest BCUT2D eigenvalue weighted by molar-refractivity contribution is 5.74. The van der Waals surface area contributed by atoms with Gasteiger partial charge in [0.25, 0.3) is 0 Å². The fraction of sp³-hybridized carbons (Fsp3) is 0.400. The molecular formula is C20H25N3O2. The molecule has 132 valence electrons. The van der Waals surface area contributed by atoms with Crippen molar-refractivity contribution in [2.75, 3.05) is 13.2 Å². The molecule has 2 aromatic rings. The van der Waals surface area contributed by atoms with E-state index in [1.807, 2.05) is 43.1 Å². The number of hydrogen-bond acceptors (Lipinski definition) is 3. The number of ether oxygens (including phenoxy) is 1. The molecule has 1 aliphatic rings. The summed E-state index contributed by atoms with van der Waals surface area (Å²) in [5, 5.41) is 3.03. The molecule has 2 atom stereocenters. The van der Waals surface area contributed by atoms with Crippen molar-refractivity contribution in [1.82, 2.24) is 15.2 Å². The molecule has 25 heavy (non-hydrogen) atoms. The van der Waals surface area contributed by atoms with Crippen molar-refractivity contribution in [3.05, 3.63) is 65.0 Å². The normalized spacial score (nSPS) is 20.4. The monoisotopic (exact) mass is 339 g/mol. The quantitative estimate of drug-likeness (QED) is 0.933. The van der Waals surface area contributed by atoms with Crippen LogP contribution in [0, 0.1) is 13.8 Å². The van der Waals surface area contributed by atoms with Crippen molar-refractivity contribution >= 4 is 6.03 Å². The topological polar surface area (TPSA) is 54.5 Å². The lowest BCUT2D eigenvalue weighted by atomic mass is 10.0. The number of hydrogen-bond donors (Lipinski definition) is 1. The summed E-state index contributed by atoms with van der Waals surface area (Å²) in [5.74, 6) is 0. The first kappa shape index (κ1) is 17.4. The van der Waals surface area contributed by atoms with E-state index in [-0.39, 0.29) is 18.2 Å². The zero-order valence-electron chi connectivity index (χ0n) is 15.0. The Labute approximate surface area is 149 Å². The maximum absolute atomic E-state index is 12.7. The zero-order valence-corrected chi connectivity index (χ0v) is 15.0. The largest absolute Gasteiger partial charge is 0.370 e. The first-order valence-electron chi connectivity index (χ1n) is 8.67. The fourth-order valence-electron chi connectivity index (χ4n) is 3.15. The van der Waals surface area contributed by atoms with E-state index < -0.39 is 0 Å². The third-order valence-electron chi connectivity index (χ3n) is 4.80. The summed E-state index contributed by atoms with van der Waals surface area (Å²) < 4.78 is 5.99. The van der Waals surface area contributed by atoms with Crippen LogP contribution in [0.15, 0.2) is 42.7 Å². The van der Waals surface area contributed by atoms with E-state index in [2.05, 4.69) is 29.4 Å². The molecule has 1 N–H and O–H groups in total. The maximum Gasteiger partial charge on any atom is 0.318 e. The summed E-state index contributed by atoms with van der Waals surface area (Å²) in [6.07, 6.45) is 3.48. The minimum Gasteiger partial charge on any atom is -0.370 e. The number of pyridine rings is 1. The third kappa shape index (κ3) is 3.99. The second-order valence-electron chi connectivity index (χ2n) is 6.64. The predicted octanol–water partition coefficient (Wildman–Crippen LogP) is 3.37. The average Bonchev–Trinajstić information content (AvgIpc) is 2.62. The minimum atomic E-state index is -0.0780. The van der Waals surface area contributed by atoms with E-state index in [1.165, 1.54) is 5.56 Å². The van der Waals surface area contributed by atoms with Crippen molar-refractivity contribution in [3.8, 4) is 0 Å². The highest BCUT2D eigenvalue weighted by Crippen LogP contribution is 2.27. The van der Waals surface area contributed by atoms with Gasteiger partial charge in [-0.15, -0.1) is 0 Å². The molecular weight excluding hydrogens is 314 g/mol. The Morgan fingerprint density at radius 3 is 2.84 bits per heavy atom. The van der Waals surface area contributed by atoms with E-state index in [9.17, 15) is 4.79 Å². The van der Waals surface area contributed by atoms with Crippen molar-refractivity contribution in [3.63, 3.8) is 0 Å². The Hall–Kier alpha value is -2.40. The standard InChI is InChI=1S/C20H25N3O2/c1-14-6-4-5-7-18(14)19-12-23(16(3)13-25-19)20(24)22-11-17-8-9-21-10-15(17)2/h4-10,16,19H,11-13H2,1-3H3,(H,22,24)/t16-,19-/m1/s1. The molecule has 0 unspecified atom stereocenters. The van der Waals surface area contributed by atoms with Crippen LogP contribution in [0.3, 0.4) is 0 Å². The number of nitrogens with one attached hydrogen (secondary N) is 1. The summed E-state index contributed by atoms with van der Waals surface area (Å²) in [6.45, 7) is 7.71. The van der Waals surface area contributed by atoms with Gasteiger partial charge in [0.15, 0.2) is 0 Å². The lowest BCUT2D eigenvalue weighted by molar-refractivity contribution is -0.0430. The summed E-state index contributed by atoms with van der Waals surface area (Å²) in [7, 11) is 0. The van der Waals surface area contributed by atoms with Gasteiger partial charge < -0.3 is 15.0 Å². The van der Waals surface area contributed by atoms with Gasteiger partial charge in [0.1, 0.15) is 6.10 Å². The van der Waals surface area contributed by atoms with Gasteiger partial charge in [-0.1, -0.05) is 24.3 Å². The number of rotatable bonds is 3. The Morgan fingerprint density at radius 1 is 1.28 bits per heavy atom. The van der Waals surface area contributed by atoms with Gasteiger partial charge in [-0.25, -0.2) is 4.79 Å². The number of nitrogens with zero attached hydrogens (tertiary/aromatic N) is 2. The minimum absolute atomic E-state index is 0.0504. The second-order valence-corrected chi connectivity index (χ2v) is 6.64. The number of carbonyl (C=O) groups is 1. The number of carbonyl (C=O) groups excluding carboxylic acids is 1. The van der Waals surface area contributed by atoms with Crippen LogP contribution in [0.5, 0.6) is 0 Å². The van der Waals surface area contributed by atoms with E-state index in [0.29, 0.717) is 19.7 Å². The van der Waals surface area contributed by atoms with Gasteiger partial charge in [-0.3, -0.25) is 4.98 Å². The predicted molar refractivity (Wildman–Crippen MR) is 97.2 cm³/mol. The maximum atomic E-state index is 12.7. The molecule has 1 aromatic carbocycles. The highest BCUT2D eigenvalue weighted by Gasteiger charge is 2.31. The van der Waals surface area contributed by atoms with Crippen LogP contribution in [0.4, 0.5) is 4.79 Å². The SMILES string of the molecule is Cc1cnccc1CNC(=O)N1C[C@H](c2ccccc2C)OC[C@H]1C. The molecule has 5 nitrogen and oxygen atoms in total. The van der Waals surface area contributed by atoms with Crippen LogP contribution >= 0.6 is 0 Å². The van der Waals surface area contributed by atoms with Crippen LogP contribution < -0.4 is 5.32 Å². The number of amides is 2. The lowest BCUT2D eigenvalue weighted by Gasteiger charge is -2.38. The summed E-state index contributed by atoms with van der Waals surface area (Å²) in [5.41, 5.74) is 4.50. The molecule has 0 spiro atoms. The van der Waals surface area contributed by atoms with Gasteiger partial charge in [-0.05, 0) is 49.1 Å². The van der Waals surface area contributed by atoms with Gasteiger partial charge in [-0.2, -0.15) is 0 Å². The Morgan fingerprint density at radius 2 is 2.08 bits per heavy atom. The van der Waals surface area contributed by atoms with Gasteiger partial charge in [0.2, 0.25) is 0 Å². The van der Waals surface area contributed by atoms with E-state index >= 15 is 0 Å². The average molecular weight is 339 g/mol. The van der Waals surface area contributed by atoms with Crippen LogP contribution in [0.25, 0.3) is 0 Å².